The molecule has 2 aromatic carbocycles. The second-order valence-electron chi connectivity index (χ2n) is 9.59. The van der Waals surface area contributed by atoms with Gasteiger partial charge in [-0.1, -0.05) is 12.1 Å². The molecule has 0 radical (unpaired) electrons. The summed E-state index contributed by atoms with van der Waals surface area (Å²) in [5, 5.41) is 18.7. The summed E-state index contributed by atoms with van der Waals surface area (Å²) in [5.41, 5.74) is 2.07. The molecule has 0 saturated carbocycles. The fourth-order valence-electron chi connectivity index (χ4n) is 4.45. The van der Waals surface area contributed by atoms with Gasteiger partial charge in [0.1, 0.15) is 24.2 Å². The predicted octanol–water partition coefficient (Wildman–Crippen LogP) is 3.75. The van der Waals surface area contributed by atoms with E-state index in [1.807, 2.05) is 24.3 Å². The van der Waals surface area contributed by atoms with Crippen molar-refractivity contribution in [1.82, 2.24) is 25.3 Å². The molecule has 1 unspecified atom stereocenters. The van der Waals surface area contributed by atoms with Gasteiger partial charge in [0, 0.05) is 25.1 Å². The van der Waals surface area contributed by atoms with E-state index in [0.29, 0.717) is 35.9 Å². The molecule has 0 aliphatic carbocycles. The average Bonchev–Trinajstić information content (AvgIpc) is 3.35. The number of carbonyl (C=O) groups excluding carboxylic acids is 1. The molecule has 10 nitrogen and oxygen atoms in total. The van der Waals surface area contributed by atoms with Crippen molar-refractivity contribution >= 4 is 11.7 Å². The third-order valence-electron chi connectivity index (χ3n) is 6.62. The van der Waals surface area contributed by atoms with Crippen LogP contribution in [0.1, 0.15) is 17.5 Å². The van der Waals surface area contributed by atoms with E-state index in [1.54, 1.807) is 17.9 Å². The van der Waals surface area contributed by atoms with Crippen LogP contribution in [0.4, 0.5) is 19.0 Å². The fraction of sp³-hybridized carbons (Fsp3) is 0.310. The Labute approximate surface area is 239 Å². The number of morpholine rings is 1. The second-order valence-corrected chi connectivity index (χ2v) is 9.59. The topological polar surface area (TPSA) is 112 Å². The van der Waals surface area contributed by atoms with Crippen LogP contribution >= 0.6 is 0 Å². The number of hydrogen-bond donors (Lipinski definition) is 2. The number of methoxy groups -OCH3 is 1. The minimum atomic E-state index is -1.55. The summed E-state index contributed by atoms with van der Waals surface area (Å²) >= 11 is 0. The number of aromatic nitrogens is 4. The lowest BCUT2D eigenvalue weighted by atomic mass is 10.1. The van der Waals surface area contributed by atoms with Gasteiger partial charge in [-0.2, -0.15) is 15.3 Å². The quantitative estimate of drug-likeness (QED) is 0.257. The maximum absolute atomic E-state index is 13.7. The monoisotopic (exact) mass is 582 g/mol. The zero-order chi connectivity index (χ0) is 29.5. The summed E-state index contributed by atoms with van der Waals surface area (Å²) in [6.45, 7) is 2.33. The minimum Gasteiger partial charge on any atom is -0.497 e. The van der Waals surface area contributed by atoms with Gasteiger partial charge in [0.2, 0.25) is 5.91 Å². The molecule has 0 spiro atoms. The number of nitrogens with one attached hydrogen (secondary N) is 2. The van der Waals surface area contributed by atoms with Crippen molar-refractivity contribution in [2.24, 2.45) is 0 Å². The van der Waals surface area contributed by atoms with Crippen molar-refractivity contribution < 1.29 is 32.2 Å². The summed E-state index contributed by atoms with van der Waals surface area (Å²) in [5.74, 6) is -3.36. The molecule has 0 bridgehead atoms. The van der Waals surface area contributed by atoms with Crippen LogP contribution in [0.5, 0.6) is 11.5 Å². The van der Waals surface area contributed by atoms with E-state index in [4.69, 9.17) is 19.3 Å². The summed E-state index contributed by atoms with van der Waals surface area (Å²) in [6.07, 6.45) is 2.67. The first-order valence-corrected chi connectivity index (χ1v) is 13.3. The average molecular weight is 583 g/mol. The molecule has 1 amide bonds. The number of anilines is 1. The lowest BCUT2D eigenvalue weighted by Gasteiger charge is -2.24. The molecule has 4 aromatic rings. The Kier molecular flexibility index (Phi) is 9.29. The molecule has 2 N–H and O–H groups in total. The number of rotatable bonds is 11. The van der Waals surface area contributed by atoms with Crippen molar-refractivity contribution in [3.8, 4) is 22.8 Å². The van der Waals surface area contributed by atoms with Crippen LogP contribution in [0, 0.1) is 17.5 Å². The van der Waals surface area contributed by atoms with E-state index >= 15 is 0 Å². The predicted molar refractivity (Wildman–Crippen MR) is 147 cm³/mol. The largest absolute Gasteiger partial charge is 0.497 e. The van der Waals surface area contributed by atoms with Crippen LogP contribution in [-0.2, 0) is 22.5 Å². The highest BCUT2D eigenvalue weighted by atomic mass is 19.2. The van der Waals surface area contributed by atoms with Crippen molar-refractivity contribution in [3.05, 3.63) is 83.4 Å². The maximum atomic E-state index is 13.7. The Balaban J connectivity index is 1.46. The number of halogens is 3. The Hall–Kier alpha value is -4.49. The second kappa shape index (κ2) is 13.4. The van der Waals surface area contributed by atoms with E-state index in [9.17, 15) is 18.0 Å². The molecule has 1 atom stereocenters. The van der Waals surface area contributed by atoms with E-state index in [2.05, 4.69) is 20.8 Å². The highest BCUT2D eigenvalue weighted by molar-refractivity contribution is 5.93. The van der Waals surface area contributed by atoms with Crippen molar-refractivity contribution in [3.63, 3.8) is 0 Å². The molecule has 13 heteroatoms. The van der Waals surface area contributed by atoms with Crippen LogP contribution in [0.3, 0.4) is 0 Å². The standard InChI is InChI=1S/C29H29F3N6O4/c1-40-21-5-2-18(3-6-21)16-38-29(36-25(39)7-4-19-12-23(30)26(32)24(31)13-19)28(42-17-22-15-33-10-11-41-22)27(37-38)20-8-9-34-35-14-20/h2-3,5-6,8-9,12-14,22,33H,4,7,10-11,15-17H2,1H3,(H,36,39). The zero-order valence-electron chi connectivity index (χ0n) is 22.8. The Morgan fingerprint density at radius 1 is 1.12 bits per heavy atom. The van der Waals surface area contributed by atoms with Gasteiger partial charge in [0.15, 0.2) is 29.0 Å². The first kappa shape index (κ1) is 29.0. The van der Waals surface area contributed by atoms with Crippen LogP contribution in [0.15, 0.2) is 54.9 Å². The molecule has 1 aliphatic heterocycles. The number of benzene rings is 2. The zero-order valence-corrected chi connectivity index (χ0v) is 22.8. The molecular weight excluding hydrogens is 553 g/mol. The third-order valence-corrected chi connectivity index (χ3v) is 6.62. The van der Waals surface area contributed by atoms with Crippen LogP contribution in [0.2, 0.25) is 0 Å². The molecule has 42 heavy (non-hydrogen) atoms. The van der Waals surface area contributed by atoms with Crippen LogP contribution < -0.4 is 20.1 Å². The Morgan fingerprint density at radius 2 is 1.90 bits per heavy atom. The summed E-state index contributed by atoms with van der Waals surface area (Å²) in [7, 11) is 1.58. The summed E-state index contributed by atoms with van der Waals surface area (Å²) in [4.78, 5) is 13.2. The van der Waals surface area contributed by atoms with Crippen molar-refractivity contribution in [2.75, 3.05) is 38.7 Å². The Morgan fingerprint density at radius 3 is 2.57 bits per heavy atom. The van der Waals surface area contributed by atoms with Gasteiger partial charge in [-0.25, -0.2) is 17.9 Å². The number of nitrogens with zero attached hydrogens (tertiary/aromatic N) is 4. The highest BCUT2D eigenvalue weighted by Crippen LogP contribution is 2.37. The number of aryl methyl sites for hydroxylation is 1. The molecule has 3 heterocycles. The molecule has 1 aliphatic rings. The Bertz CT molecular complexity index is 1490. The van der Waals surface area contributed by atoms with Crippen molar-refractivity contribution in [1.29, 1.82) is 0 Å². The molecule has 1 saturated heterocycles. The SMILES string of the molecule is COc1ccc(Cn2nc(-c3ccnnc3)c(OCC3CNCCO3)c2NC(=O)CCc2cc(F)c(F)c(F)c2)cc1. The molecular formula is C29H29F3N6O4. The van der Waals surface area contributed by atoms with E-state index in [-0.39, 0.29) is 43.5 Å². The number of ether oxygens (including phenoxy) is 3. The van der Waals surface area contributed by atoms with Crippen LogP contribution in [-0.4, -0.2) is 65.4 Å². The van der Waals surface area contributed by atoms with Gasteiger partial charge in [0.05, 0.1) is 32.7 Å². The minimum absolute atomic E-state index is 0.0223. The highest BCUT2D eigenvalue weighted by Gasteiger charge is 2.25. The lowest BCUT2D eigenvalue weighted by Crippen LogP contribution is -2.41. The fourth-order valence-corrected chi connectivity index (χ4v) is 4.45. The van der Waals surface area contributed by atoms with Gasteiger partial charge in [0.25, 0.3) is 0 Å². The number of amides is 1. The maximum Gasteiger partial charge on any atom is 0.225 e. The van der Waals surface area contributed by atoms with E-state index < -0.39 is 23.4 Å². The van der Waals surface area contributed by atoms with Gasteiger partial charge >= 0.3 is 0 Å². The van der Waals surface area contributed by atoms with Gasteiger partial charge in [-0.3, -0.25) is 4.79 Å². The molecule has 5 rings (SSSR count). The number of hydrogen-bond acceptors (Lipinski definition) is 8. The number of carbonyl (C=O) groups is 1. The third kappa shape index (κ3) is 7.04. The van der Waals surface area contributed by atoms with E-state index in [1.165, 1.54) is 12.4 Å². The summed E-state index contributed by atoms with van der Waals surface area (Å²) in [6, 6.07) is 10.9. The van der Waals surface area contributed by atoms with Gasteiger partial charge < -0.3 is 24.8 Å². The van der Waals surface area contributed by atoms with Crippen molar-refractivity contribution in [2.45, 2.75) is 25.5 Å². The molecule has 2 aromatic heterocycles. The molecule has 1 fully saturated rings. The lowest BCUT2D eigenvalue weighted by molar-refractivity contribution is -0.116. The summed E-state index contributed by atoms with van der Waals surface area (Å²) < 4.78 is 59.7. The van der Waals surface area contributed by atoms with E-state index in [0.717, 1.165) is 24.2 Å². The van der Waals surface area contributed by atoms with Gasteiger partial charge in [-0.15, -0.1) is 0 Å². The first-order valence-electron chi connectivity index (χ1n) is 13.3. The first-order chi connectivity index (χ1) is 20.4. The molecule has 220 valence electrons. The smallest absolute Gasteiger partial charge is 0.225 e. The normalized spacial score (nSPS) is 14.9. The van der Waals surface area contributed by atoms with Gasteiger partial charge in [-0.05, 0) is 47.9 Å². The van der Waals surface area contributed by atoms with Crippen LogP contribution in [0.25, 0.3) is 11.3 Å².